The highest BCUT2D eigenvalue weighted by Gasteiger charge is 2.17. The molecule has 1 aromatic heterocycles. The molecule has 0 saturated carbocycles. The molecule has 2 aromatic rings. The molecule has 0 unspecified atom stereocenters. The molecule has 0 spiro atoms. The summed E-state index contributed by atoms with van der Waals surface area (Å²) >= 11 is 0. The van der Waals surface area contributed by atoms with Crippen molar-refractivity contribution in [3.8, 4) is 0 Å². The number of fused-ring (bicyclic) bond motifs is 3. The van der Waals surface area contributed by atoms with Crippen LogP contribution in [0.5, 0.6) is 0 Å². The van der Waals surface area contributed by atoms with Gasteiger partial charge in [-0.1, -0.05) is 18.2 Å². The molecule has 1 aliphatic rings. The molecule has 2 heterocycles. The van der Waals surface area contributed by atoms with Crippen molar-refractivity contribution < 1.29 is 0 Å². The molecule has 2 nitrogen and oxygen atoms in total. The van der Waals surface area contributed by atoms with E-state index < -0.39 is 0 Å². The molecule has 0 fully saturated rings. The third-order valence-corrected chi connectivity index (χ3v) is 3.01. The van der Waals surface area contributed by atoms with Crippen LogP contribution in [-0.4, -0.2) is 11.1 Å². The Kier molecular flexibility index (Phi) is 1.64. The van der Waals surface area contributed by atoms with E-state index >= 15 is 0 Å². The Morgan fingerprint density at radius 3 is 3.14 bits per heavy atom. The highest BCUT2D eigenvalue weighted by molar-refractivity contribution is 5.81. The predicted molar refractivity (Wildman–Crippen MR) is 58.4 cm³/mol. The van der Waals surface area contributed by atoms with Gasteiger partial charge in [0.05, 0.1) is 0 Å². The van der Waals surface area contributed by atoms with Gasteiger partial charge in [-0.05, 0) is 24.4 Å². The quantitative estimate of drug-likeness (QED) is 0.668. The summed E-state index contributed by atoms with van der Waals surface area (Å²) < 4.78 is 2.45. The van der Waals surface area contributed by atoms with Crippen molar-refractivity contribution in [3.05, 3.63) is 36.0 Å². The standard InChI is InChI=1S/C12H14N2/c1-9-7-13-8-11-6-10-4-2-3-5-12(10)14(9)11/h2-6,9,13H,7-8H2,1H3/t9-/m1/s1. The molecule has 1 atom stereocenters. The predicted octanol–water partition coefficient (Wildman–Crippen LogP) is 2.31. The molecule has 1 N–H and O–H groups in total. The molecular formula is C12H14N2. The van der Waals surface area contributed by atoms with Crippen LogP contribution in [0.25, 0.3) is 10.9 Å². The van der Waals surface area contributed by atoms with E-state index in [-0.39, 0.29) is 0 Å². The highest BCUT2D eigenvalue weighted by Crippen LogP contribution is 2.25. The van der Waals surface area contributed by atoms with Gasteiger partial charge in [-0.2, -0.15) is 0 Å². The average Bonchev–Trinajstić information content (AvgIpc) is 2.57. The average molecular weight is 186 g/mol. The third kappa shape index (κ3) is 1.01. The van der Waals surface area contributed by atoms with Crippen molar-refractivity contribution in [2.75, 3.05) is 6.54 Å². The van der Waals surface area contributed by atoms with Crippen LogP contribution in [0.3, 0.4) is 0 Å². The zero-order chi connectivity index (χ0) is 9.54. The smallest absolute Gasteiger partial charge is 0.0485 e. The number of nitrogens with one attached hydrogen (secondary N) is 1. The third-order valence-electron chi connectivity index (χ3n) is 3.01. The first-order valence-electron chi connectivity index (χ1n) is 5.16. The van der Waals surface area contributed by atoms with Crippen LogP contribution in [0.2, 0.25) is 0 Å². The van der Waals surface area contributed by atoms with E-state index in [0.29, 0.717) is 6.04 Å². The fourth-order valence-corrected chi connectivity index (χ4v) is 2.39. The van der Waals surface area contributed by atoms with Gasteiger partial charge in [0.2, 0.25) is 0 Å². The molecule has 1 aromatic carbocycles. The van der Waals surface area contributed by atoms with E-state index in [4.69, 9.17) is 0 Å². The number of aromatic nitrogens is 1. The van der Waals surface area contributed by atoms with E-state index in [1.165, 1.54) is 16.6 Å². The molecule has 0 saturated heterocycles. The summed E-state index contributed by atoms with van der Waals surface area (Å²) in [6.45, 7) is 4.34. The Balaban J connectivity index is 2.34. The maximum atomic E-state index is 3.43. The summed E-state index contributed by atoms with van der Waals surface area (Å²) in [4.78, 5) is 0. The van der Waals surface area contributed by atoms with E-state index in [1.54, 1.807) is 0 Å². The van der Waals surface area contributed by atoms with E-state index in [2.05, 4.69) is 47.1 Å². The second-order valence-corrected chi connectivity index (χ2v) is 4.04. The topological polar surface area (TPSA) is 17.0 Å². The van der Waals surface area contributed by atoms with Gasteiger partial charge in [-0.3, -0.25) is 0 Å². The summed E-state index contributed by atoms with van der Waals surface area (Å²) in [5.41, 5.74) is 2.78. The lowest BCUT2D eigenvalue weighted by atomic mass is 10.2. The number of para-hydroxylation sites is 1. The van der Waals surface area contributed by atoms with Crippen molar-refractivity contribution in [1.29, 1.82) is 0 Å². The Hall–Kier alpha value is -1.28. The minimum Gasteiger partial charge on any atom is -0.339 e. The molecule has 2 heteroatoms. The van der Waals surface area contributed by atoms with Crippen LogP contribution in [0.15, 0.2) is 30.3 Å². The zero-order valence-electron chi connectivity index (χ0n) is 8.33. The molecule has 72 valence electrons. The van der Waals surface area contributed by atoms with Crippen molar-refractivity contribution in [2.45, 2.75) is 19.5 Å². The van der Waals surface area contributed by atoms with Gasteiger partial charge in [-0.15, -0.1) is 0 Å². The highest BCUT2D eigenvalue weighted by atomic mass is 15.1. The maximum Gasteiger partial charge on any atom is 0.0485 e. The second kappa shape index (κ2) is 2.85. The van der Waals surface area contributed by atoms with Crippen molar-refractivity contribution in [1.82, 2.24) is 9.88 Å². The minimum absolute atomic E-state index is 0.568. The molecule has 1 aliphatic heterocycles. The van der Waals surface area contributed by atoms with Crippen molar-refractivity contribution >= 4 is 10.9 Å². The van der Waals surface area contributed by atoms with Crippen LogP contribution >= 0.6 is 0 Å². The maximum absolute atomic E-state index is 3.43. The van der Waals surface area contributed by atoms with E-state index in [0.717, 1.165) is 13.1 Å². The fraction of sp³-hybridized carbons (Fsp3) is 0.333. The van der Waals surface area contributed by atoms with E-state index in [1.807, 2.05) is 0 Å². The van der Waals surface area contributed by atoms with E-state index in [9.17, 15) is 0 Å². The molecular weight excluding hydrogens is 172 g/mol. The van der Waals surface area contributed by atoms with Gasteiger partial charge in [0, 0.05) is 30.3 Å². The molecule has 3 rings (SSSR count). The minimum atomic E-state index is 0.568. The van der Waals surface area contributed by atoms with Gasteiger partial charge in [0.15, 0.2) is 0 Å². The van der Waals surface area contributed by atoms with Crippen molar-refractivity contribution in [2.24, 2.45) is 0 Å². The van der Waals surface area contributed by atoms with Crippen LogP contribution in [0.1, 0.15) is 18.7 Å². The number of benzene rings is 1. The molecule has 0 bridgehead atoms. The van der Waals surface area contributed by atoms with Gasteiger partial charge in [0.1, 0.15) is 0 Å². The van der Waals surface area contributed by atoms with Crippen LogP contribution in [-0.2, 0) is 6.54 Å². The van der Waals surface area contributed by atoms with Gasteiger partial charge < -0.3 is 9.88 Å². The monoisotopic (exact) mass is 186 g/mol. The SMILES string of the molecule is C[C@@H]1CNCc2cc3ccccc3n21. The molecule has 0 aliphatic carbocycles. The summed E-state index contributed by atoms with van der Waals surface area (Å²) in [6, 6.07) is 11.5. The number of rotatable bonds is 0. The Morgan fingerprint density at radius 2 is 2.21 bits per heavy atom. The Labute approximate surface area is 83.5 Å². The summed E-state index contributed by atoms with van der Waals surface area (Å²) in [5, 5.41) is 4.79. The zero-order valence-corrected chi connectivity index (χ0v) is 8.33. The van der Waals surface area contributed by atoms with Crippen LogP contribution in [0.4, 0.5) is 0 Å². The summed E-state index contributed by atoms with van der Waals surface area (Å²) in [6.07, 6.45) is 0. The lowest BCUT2D eigenvalue weighted by Crippen LogP contribution is -2.30. The Morgan fingerprint density at radius 1 is 1.36 bits per heavy atom. The second-order valence-electron chi connectivity index (χ2n) is 4.04. The summed E-state index contributed by atoms with van der Waals surface area (Å²) in [7, 11) is 0. The first kappa shape index (κ1) is 8.06. The number of hydrogen-bond donors (Lipinski definition) is 1. The first-order valence-corrected chi connectivity index (χ1v) is 5.16. The number of nitrogens with zero attached hydrogens (tertiary/aromatic N) is 1. The number of hydrogen-bond acceptors (Lipinski definition) is 1. The lowest BCUT2D eigenvalue weighted by Gasteiger charge is -2.24. The summed E-state index contributed by atoms with van der Waals surface area (Å²) in [5.74, 6) is 0. The largest absolute Gasteiger partial charge is 0.339 e. The first-order chi connectivity index (χ1) is 6.86. The molecule has 0 radical (unpaired) electrons. The van der Waals surface area contributed by atoms with Crippen LogP contribution < -0.4 is 5.32 Å². The van der Waals surface area contributed by atoms with Gasteiger partial charge >= 0.3 is 0 Å². The van der Waals surface area contributed by atoms with Gasteiger partial charge in [0.25, 0.3) is 0 Å². The van der Waals surface area contributed by atoms with Crippen LogP contribution in [0, 0.1) is 0 Å². The normalized spacial score (nSPS) is 21.1. The Bertz CT molecular complexity index is 470. The fourth-order valence-electron chi connectivity index (χ4n) is 2.39. The van der Waals surface area contributed by atoms with Gasteiger partial charge in [-0.25, -0.2) is 0 Å². The molecule has 0 amide bonds. The van der Waals surface area contributed by atoms with Crippen molar-refractivity contribution in [3.63, 3.8) is 0 Å². The molecule has 14 heavy (non-hydrogen) atoms. The lowest BCUT2D eigenvalue weighted by molar-refractivity contribution is 0.439.